The number of hydrogen-bond acceptors (Lipinski definition) is 8. The van der Waals surface area contributed by atoms with Gasteiger partial charge in [-0.05, 0) is 73.9 Å². The van der Waals surface area contributed by atoms with Gasteiger partial charge in [-0.2, -0.15) is 9.97 Å². The number of aromatic nitrogens is 4. The third kappa shape index (κ3) is 4.05. The quantitative estimate of drug-likeness (QED) is 0.210. The van der Waals surface area contributed by atoms with Crippen molar-refractivity contribution in [3.05, 3.63) is 66.3 Å². The van der Waals surface area contributed by atoms with Gasteiger partial charge >= 0.3 is 6.01 Å². The highest BCUT2D eigenvalue weighted by atomic mass is 19.1. The van der Waals surface area contributed by atoms with Gasteiger partial charge < -0.3 is 20.1 Å². The lowest BCUT2D eigenvalue weighted by molar-refractivity contribution is 0.108. The van der Waals surface area contributed by atoms with Crippen molar-refractivity contribution in [2.45, 2.75) is 49.7 Å². The first-order valence-electron chi connectivity index (χ1n) is 16.1. The van der Waals surface area contributed by atoms with Crippen LogP contribution in [0.25, 0.3) is 38.6 Å². The van der Waals surface area contributed by atoms with Gasteiger partial charge in [-0.3, -0.25) is 9.30 Å². The molecule has 2 N–H and O–H groups in total. The Hall–Kier alpha value is -4.72. The zero-order valence-electron chi connectivity index (χ0n) is 25.5. The third-order valence-corrected chi connectivity index (χ3v) is 10.6. The lowest BCUT2D eigenvalue weighted by atomic mass is 9.94. The van der Waals surface area contributed by atoms with Gasteiger partial charge in [-0.25, -0.2) is 9.37 Å². The minimum absolute atomic E-state index is 0.0465. The fourth-order valence-electron chi connectivity index (χ4n) is 8.65. The van der Waals surface area contributed by atoms with E-state index in [1.807, 2.05) is 16.7 Å². The standard InChI is InChI=1S/C36H34FN7O2/c1-3-26-29(37)8-5-22-13-25(45)14-27(31(22)26)28-15-30-32(43-12-10-39-33(28)43)34(44-23-6-7-24(44)18-38-17-23)41-35(40-30)46-20-36-9-4-11-42(36)19-21(2)16-36/h1,5,8,10,12-15,23-24,38,45H,2,4,6-7,9,11,16-20H2/t23-,24+,36-/m1/s1. The molecule has 9 nitrogen and oxygen atoms in total. The second-order valence-corrected chi connectivity index (χ2v) is 13.3. The first-order chi connectivity index (χ1) is 22.4. The molecule has 4 fully saturated rings. The van der Waals surface area contributed by atoms with Crippen LogP contribution in [-0.2, 0) is 0 Å². The van der Waals surface area contributed by atoms with Crippen LogP contribution >= 0.6 is 0 Å². The third-order valence-electron chi connectivity index (χ3n) is 10.6. The molecular formula is C36H34FN7O2. The monoisotopic (exact) mass is 615 g/mol. The van der Waals surface area contributed by atoms with E-state index in [9.17, 15) is 5.11 Å². The number of phenols is 1. The summed E-state index contributed by atoms with van der Waals surface area (Å²) in [5.74, 6) is 2.92. The second kappa shape index (κ2) is 10.1. The van der Waals surface area contributed by atoms with E-state index < -0.39 is 5.82 Å². The van der Waals surface area contributed by atoms with Gasteiger partial charge in [-0.1, -0.05) is 24.1 Å². The number of rotatable bonds is 5. The van der Waals surface area contributed by atoms with E-state index in [4.69, 9.17) is 26.1 Å². The van der Waals surface area contributed by atoms with Crippen LogP contribution in [0.15, 0.2) is 54.9 Å². The number of anilines is 1. The van der Waals surface area contributed by atoms with E-state index in [-0.39, 0.29) is 16.9 Å². The first kappa shape index (κ1) is 27.6. The molecule has 3 aromatic heterocycles. The number of hydrogen-bond donors (Lipinski definition) is 2. The van der Waals surface area contributed by atoms with Crippen LogP contribution in [0.2, 0.25) is 0 Å². The maximum Gasteiger partial charge on any atom is 0.319 e. The molecular weight excluding hydrogens is 581 g/mol. The molecule has 2 bridgehead atoms. The fraction of sp³-hybridized carbons (Fsp3) is 0.361. The second-order valence-electron chi connectivity index (χ2n) is 13.3. The molecule has 232 valence electrons. The molecule has 0 amide bonds. The van der Waals surface area contributed by atoms with Gasteiger partial charge in [0.1, 0.15) is 29.3 Å². The number of phenolic OH excluding ortho intramolecular Hbond substituents is 1. The highest BCUT2D eigenvalue weighted by Crippen LogP contribution is 2.43. The lowest BCUT2D eigenvalue weighted by Crippen LogP contribution is -2.52. The van der Waals surface area contributed by atoms with E-state index in [2.05, 4.69) is 27.6 Å². The molecule has 0 saturated carbocycles. The number of imidazole rings is 1. The van der Waals surface area contributed by atoms with Crippen molar-refractivity contribution < 1.29 is 14.2 Å². The van der Waals surface area contributed by atoms with Crippen LogP contribution in [0.5, 0.6) is 11.8 Å². The number of benzene rings is 2. The molecule has 0 aliphatic carbocycles. The maximum absolute atomic E-state index is 15.1. The van der Waals surface area contributed by atoms with E-state index in [1.165, 1.54) is 11.6 Å². The summed E-state index contributed by atoms with van der Waals surface area (Å²) in [5, 5.41) is 15.5. The summed E-state index contributed by atoms with van der Waals surface area (Å²) in [7, 11) is 0. The molecule has 4 saturated heterocycles. The van der Waals surface area contributed by atoms with E-state index >= 15 is 4.39 Å². The number of terminal acetylenes is 1. The van der Waals surface area contributed by atoms with Crippen molar-refractivity contribution in [1.82, 2.24) is 29.6 Å². The van der Waals surface area contributed by atoms with Crippen molar-refractivity contribution in [1.29, 1.82) is 0 Å². The van der Waals surface area contributed by atoms with Crippen LogP contribution < -0.4 is 15.0 Å². The smallest absolute Gasteiger partial charge is 0.319 e. The molecule has 10 heteroatoms. The number of pyridine rings is 1. The topological polar surface area (TPSA) is 91.1 Å². The molecule has 3 atom stereocenters. The van der Waals surface area contributed by atoms with Crippen LogP contribution in [0.4, 0.5) is 10.2 Å². The predicted molar refractivity (Wildman–Crippen MR) is 176 cm³/mol. The van der Waals surface area contributed by atoms with Gasteiger partial charge in [0.25, 0.3) is 0 Å². The first-order valence-corrected chi connectivity index (χ1v) is 16.1. The Morgan fingerprint density at radius 2 is 2.00 bits per heavy atom. The molecule has 7 heterocycles. The van der Waals surface area contributed by atoms with Crippen molar-refractivity contribution in [2.24, 2.45) is 0 Å². The van der Waals surface area contributed by atoms with Gasteiger partial charge in [0.2, 0.25) is 0 Å². The van der Waals surface area contributed by atoms with Crippen LogP contribution in [0.3, 0.4) is 0 Å². The highest BCUT2D eigenvalue weighted by Gasteiger charge is 2.47. The van der Waals surface area contributed by atoms with Gasteiger partial charge in [0.15, 0.2) is 5.82 Å². The summed E-state index contributed by atoms with van der Waals surface area (Å²) in [4.78, 5) is 19.9. The largest absolute Gasteiger partial charge is 0.508 e. The number of ether oxygens (including phenoxy) is 1. The molecule has 0 unspecified atom stereocenters. The summed E-state index contributed by atoms with van der Waals surface area (Å²) in [6.07, 6.45) is 14.8. The maximum atomic E-state index is 15.1. The highest BCUT2D eigenvalue weighted by molar-refractivity contribution is 6.06. The Balaban J connectivity index is 1.27. The molecule has 2 aromatic carbocycles. The molecule has 4 aliphatic heterocycles. The van der Waals surface area contributed by atoms with Crippen molar-refractivity contribution in [2.75, 3.05) is 37.7 Å². The number of aromatic hydroxyl groups is 1. The SMILES string of the molecule is C#Cc1c(F)ccc2cc(O)cc(-c3cc4nc(OC[C@]56CCCN5CC(=C)C6)nc(N5[C@@H]6CC[C@H]5CNC6)c4n4ccnc34)c12. The number of nitrogens with one attached hydrogen (secondary N) is 1. The van der Waals surface area contributed by atoms with E-state index in [0.29, 0.717) is 57.8 Å². The predicted octanol–water partition coefficient (Wildman–Crippen LogP) is 5.04. The lowest BCUT2D eigenvalue weighted by Gasteiger charge is -2.37. The Labute approximate surface area is 265 Å². The summed E-state index contributed by atoms with van der Waals surface area (Å²) in [5.41, 5.74) is 4.71. The van der Waals surface area contributed by atoms with Crippen LogP contribution in [0, 0.1) is 18.2 Å². The van der Waals surface area contributed by atoms with Gasteiger partial charge in [-0.15, -0.1) is 6.42 Å². The van der Waals surface area contributed by atoms with Gasteiger partial charge in [0, 0.05) is 55.1 Å². The Morgan fingerprint density at radius 1 is 1.15 bits per heavy atom. The van der Waals surface area contributed by atoms with Crippen molar-refractivity contribution in [3.63, 3.8) is 0 Å². The summed E-state index contributed by atoms with van der Waals surface area (Å²) in [6, 6.07) is 9.09. The van der Waals surface area contributed by atoms with E-state index in [1.54, 1.807) is 24.4 Å². The molecule has 5 aromatic rings. The number of piperazine rings is 1. The average molecular weight is 616 g/mol. The minimum Gasteiger partial charge on any atom is -0.508 e. The zero-order valence-corrected chi connectivity index (χ0v) is 25.5. The van der Waals surface area contributed by atoms with Crippen LogP contribution in [0.1, 0.15) is 37.7 Å². The molecule has 0 spiro atoms. The van der Waals surface area contributed by atoms with E-state index in [0.717, 1.165) is 69.6 Å². The number of nitrogens with zero attached hydrogens (tertiary/aromatic N) is 6. The number of fused-ring (bicyclic) bond motifs is 7. The summed E-state index contributed by atoms with van der Waals surface area (Å²) < 4.78 is 23.6. The van der Waals surface area contributed by atoms with Crippen molar-refractivity contribution >= 4 is 33.3 Å². The molecule has 46 heavy (non-hydrogen) atoms. The fourth-order valence-corrected chi connectivity index (χ4v) is 8.65. The Morgan fingerprint density at radius 3 is 2.83 bits per heavy atom. The van der Waals surface area contributed by atoms with Crippen molar-refractivity contribution in [3.8, 4) is 35.2 Å². The summed E-state index contributed by atoms with van der Waals surface area (Å²) >= 11 is 0. The van der Waals surface area contributed by atoms with Gasteiger partial charge in [0.05, 0.1) is 16.6 Å². The average Bonchev–Trinajstić information content (AvgIpc) is 3.80. The van der Waals surface area contributed by atoms with Crippen LogP contribution in [-0.4, -0.2) is 79.8 Å². The number of halogens is 1. The Kier molecular flexibility index (Phi) is 6.08. The normalized spacial score (nSPS) is 24.3. The Bertz CT molecular complexity index is 2120. The summed E-state index contributed by atoms with van der Waals surface area (Å²) in [6.45, 7) is 8.52. The molecule has 9 rings (SSSR count). The molecule has 4 aliphatic rings. The minimum atomic E-state index is -0.494. The molecule has 0 radical (unpaired) electrons. The zero-order chi connectivity index (χ0) is 31.2.